The van der Waals surface area contributed by atoms with Gasteiger partial charge in [0, 0.05) is 19.7 Å². The standard InChI is InChI=1S/C14H27NO3/c1-3-5-10-18-11-9-15-8-7-14(12-15,6-4-2)13(16)17/h3-12H2,1-2H3,(H,16,17). The second-order valence-electron chi connectivity index (χ2n) is 5.33. The summed E-state index contributed by atoms with van der Waals surface area (Å²) in [7, 11) is 0. The molecule has 4 nitrogen and oxygen atoms in total. The fourth-order valence-corrected chi connectivity index (χ4v) is 2.66. The second-order valence-corrected chi connectivity index (χ2v) is 5.33. The van der Waals surface area contributed by atoms with Gasteiger partial charge in [-0.05, 0) is 25.8 Å². The molecule has 0 aromatic heterocycles. The van der Waals surface area contributed by atoms with Gasteiger partial charge in [-0.2, -0.15) is 0 Å². The molecule has 1 aliphatic rings. The zero-order chi connectivity index (χ0) is 13.4. The predicted molar refractivity (Wildman–Crippen MR) is 71.8 cm³/mol. The number of nitrogens with zero attached hydrogens (tertiary/aromatic N) is 1. The summed E-state index contributed by atoms with van der Waals surface area (Å²) in [5, 5.41) is 9.40. The van der Waals surface area contributed by atoms with Gasteiger partial charge in [-0.3, -0.25) is 9.69 Å². The van der Waals surface area contributed by atoms with Gasteiger partial charge in [0.2, 0.25) is 0 Å². The van der Waals surface area contributed by atoms with Gasteiger partial charge >= 0.3 is 5.97 Å². The average molecular weight is 257 g/mol. The van der Waals surface area contributed by atoms with Gasteiger partial charge in [-0.1, -0.05) is 26.7 Å². The van der Waals surface area contributed by atoms with Gasteiger partial charge in [0.05, 0.1) is 12.0 Å². The summed E-state index contributed by atoms with van der Waals surface area (Å²) in [4.78, 5) is 13.6. The maximum atomic E-state index is 11.4. The number of aliphatic carboxylic acids is 1. The topological polar surface area (TPSA) is 49.8 Å². The van der Waals surface area contributed by atoms with Crippen LogP contribution in [0.5, 0.6) is 0 Å². The lowest BCUT2D eigenvalue weighted by Gasteiger charge is -2.24. The summed E-state index contributed by atoms with van der Waals surface area (Å²) in [5.41, 5.74) is -0.502. The first kappa shape index (κ1) is 15.4. The number of likely N-dealkylation sites (tertiary alicyclic amines) is 1. The maximum Gasteiger partial charge on any atom is 0.310 e. The molecule has 1 rings (SSSR count). The SMILES string of the molecule is CCCCOCCN1CCC(CCC)(C(=O)O)C1. The highest BCUT2D eigenvalue weighted by molar-refractivity contribution is 5.75. The Bertz CT molecular complexity index is 257. The van der Waals surface area contributed by atoms with Crippen LogP contribution in [-0.2, 0) is 9.53 Å². The molecule has 0 bridgehead atoms. The van der Waals surface area contributed by atoms with Crippen molar-refractivity contribution >= 4 is 5.97 Å². The Morgan fingerprint density at radius 1 is 1.33 bits per heavy atom. The fraction of sp³-hybridized carbons (Fsp3) is 0.929. The number of hydrogen-bond acceptors (Lipinski definition) is 3. The first-order chi connectivity index (χ1) is 8.64. The van der Waals surface area contributed by atoms with Crippen molar-refractivity contribution in [3.8, 4) is 0 Å². The summed E-state index contributed by atoms with van der Waals surface area (Å²) in [6.45, 7) is 8.20. The van der Waals surface area contributed by atoms with Crippen molar-refractivity contribution < 1.29 is 14.6 Å². The minimum absolute atomic E-state index is 0.502. The Morgan fingerprint density at radius 2 is 2.11 bits per heavy atom. The molecule has 1 N–H and O–H groups in total. The summed E-state index contributed by atoms with van der Waals surface area (Å²) in [5.74, 6) is -0.626. The molecule has 1 unspecified atom stereocenters. The van der Waals surface area contributed by atoms with E-state index in [0.717, 1.165) is 58.4 Å². The molecule has 1 fully saturated rings. The predicted octanol–water partition coefficient (Wildman–Crippen LogP) is 2.38. The van der Waals surface area contributed by atoms with E-state index < -0.39 is 11.4 Å². The van der Waals surface area contributed by atoms with E-state index in [1.165, 1.54) is 0 Å². The lowest BCUT2D eigenvalue weighted by atomic mass is 9.83. The zero-order valence-corrected chi connectivity index (χ0v) is 11.8. The number of unbranched alkanes of at least 4 members (excludes halogenated alkanes) is 1. The summed E-state index contributed by atoms with van der Waals surface area (Å²) in [6, 6.07) is 0. The van der Waals surface area contributed by atoms with Crippen LogP contribution in [0.15, 0.2) is 0 Å². The van der Waals surface area contributed by atoms with Crippen LogP contribution in [0.1, 0.15) is 46.0 Å². The Hall–Kier alpha value is -0.610. The van der Waals surface area contributed by atoms with Gasteiger partial charge in [0.25, 0.3) is 0 Å². The molecule has 0 spiro atoms. The highest BCUT2D eigenvalue weighted by Crippen LogP contribution is 2.35. The number of ether oxygens (including phenoxy) is 1. The first-order valence-corrected chi connectivity index (χ1v) is 7.18. The number of carboxylic acids is 1. The molecule has 1 saturated heterocycles. The Morgan fingerprint density at radius 3 is 2.72 bits per heavy atom. The van der Waals surface area contributed by atoms with Crippen molar-refractivity contribution in [3.05, 3.63) is 0 Å². The van der Waals surface area contributed by atoms with Gasteiger partial charge in [0.1, 0.15) is 0 Å². The molecule has 0 amide bonds. The first-order valence-electron chi connectivity index (χ1n) is 7.18. The Kier molecular flexibility index (Phi) is 6.65. The van der Waals surface area contributed by atoms with E-state index >= 15 is 0 Å². The van der Waals surface area contributed by atoms with Crippen molar-refractivity contribution in [2.24, 2.45) is 5.41 Å². The quantitative estimate of drug-likeness (QED) is 0.644. The maximum absolute atomic E-state index is 11.4. The molecule has 0 aliphatic carbocycles. The average Bonchev–Trinajstić information content (AvgIpc) is 2.74. The van der Waals surface area contributed by atoms with Crippen molar-refractivity contribution in [2.75, 3.05) is 32.8 Å². The molecule has 1 aliphatic heterocycles. The number of rotatable bonds is 9. The number of hydrogen-bond donors (Lipinski definition) is 1. The van der Waals surface area contributed by atoms with Crippen molar-refractivity contribution in [1.29, 1.82) is 0 Å². The third-order valence-corrected chi connectivity index (χ3v) is 3.81. The third-order valence-electron chi connectivity index (χ3n) is 3.81. The third kappa shape index (κ3) is 4.25. The van der Waals surface area contributed by atoms with Gasteiger partial charge in [-0.25, -0.2) is 0 Å². The van der Waals surface area contributed by atoms with Crippen LogP contribution in [0.25, 0.3) is 0 Å². The molecule has 0 radical (unpaired) electrons. The van der Waals surface area contributed by atoms with Crippen LogP contribution < -0.4 is 0 Å². The molecule has 1 atom stereocenters. The Balaban J connectivity index is 2.28. The lowest BCUT2D eigenvalue weighted by Crippen LogP contribution is -2.35. The van der Waals surface area contributed by atoms with E-state index in [4.69, 9.17) is 4.74 Å². The highest BCUT2D eigenvalue weighted by Gasteiger charge is 2.43. The molecule has 4 heteroatoms. The number of carboxylic acid groups (broad SMARTS) is 1. The van der Waals surface area contributed by atoms with E-state index in [-0.39, 0.29) is 0 Å². The van der Waals surface area contributed by atoms with Crippen LogP contribution in [0.2, 0.25) is 0 Å². The fourth-order valence-electron chi connectivity index (χ4n) is 2.66. The van der Waals surface area contributed by atoms with Crippen molar-refractivity contribution in [1.82, 2.24) is 4.90 Å². The second kappa shape index (κ2) is 7.74. The lowest BCUT2D eigenvalue weighted by molar-refractivity contribution is -0.148. The molecule has 18 heavy (non-hydrogen) atoms. The minimum Gasteiger partial charge on any atom is -0.481 e. The van der Waals surface area contributed by atoms with Crippen LogP contribution in [-0.4, -0.2) is 48.8 Å². The molecular weight excluding hydrogens is 230 g/mol. The molecule has 0 aromatic rings. The molecule has 1 heterocycles. The smallest absolute Gasteiger partial charge is 0.310 e. The van der Waals surface area contributed by atoms with Crippen LogP contribution >= 0.6 is 0 Å². The van der Waals surface area contributed by atoms with Crippen LogP contribution in [0.4, 0.5) is 0 Å². The van der Waals surface area contributed by atoms with Crippen molar-refractivity contribution in [3.63, 3.8) is 0 Å². The van der Waals surface area contributed by atoms with E-state index in [9.17, 15) is 9.90 Å². The zero-order valence-electron chi connectivity index (χ0n) is 11.8. The number of carbonyl (C=O) groups is 1. The van der Waals surface area contributed by atoms with Crippen molar-refractivity contribution in [2.45, 2.75) is 46.0 Å². The molecule has 0 aromatic carbocycles. The van der Waals surface area contributed by atoms with E-state index in [1.54, 1.807) is 0 Å². The monoisotopic (exact) mass is 257 g/mol. The largest absolute Gasteiger partial charge is 0.481 e. The van der Waals surface area contributed by atoms with Crippen LogP contribution in [0, 0.1) is 5.41 Å². The van der Waals surface area contributed by atoms with E-state index in [0.29, 0.717) is 6.54 Å². The molecule has 0 saturated carbocycles. The van der Waals surface area contributed by atoms with E-state index in [2.05, 4.69) is 18.7 Å². The van der Waals surface area contributed by atoms with Crippen LogP contribution in [0.3, 0.4) is 0 Å². The summed E-state index contributed by atoms with van der Waals surface area (Å²) >= 11 is 0. The van der Waals surface area contributed by atoms with E-state index in [1.807, 2.05) is 0 Å². The highest BCUT2D eigenvalue weighted by atomic mass is 16.5. The minimum atomic E-state index is -0.626. The van der Waals surface area contributed by atoms with Gasteiger partial charge in [0.15, 0.2) is 0 Å². The molecule has 106 valence electrons. The normalized spacial score (nSPS) is 24.6. The Labute approximate surface area is 110 Å². The van der Waals surface area contributed by atoms with Gasteiger partial charge < -0.3 is 9.84 Å². The molecular formula is C14H27NO3. The summed E-state index contributed by atoms with van der Waals surface area (Å²) in [6.07, 6.45) is 4.77. The summed E-state index contributed by atoms with van der Waals surface area (Å²) < 4.78 is 5.54. The van der Waals surface area contributed by atoms with Gasteiger partial charge in [-0.15, -0.1) is 0 Å².